The molecule has 0 aromatic heterocycles. The van der Waals surface area contributed by atoms with Gasteiger partial charge < -0.3 is 5.32 Å². The molecule has 0 aliphatic heterocycles. The van der Waals surface area contributed by atoms with Crippen molar-refractivity contribution in [1.29, 1.82) is 0 Å². The van der Waals surface area contributed by atoms with Crippen molar-refractivity contribution in [3.8, 4) is 0 Å². The minimum atomic E-state index is -0.0175. The van der Waals surface area contributed by atoms with E-state index in [0.29, 0.717) is 17.2 Å². The lowest BCUT2D eigenvalue weighted by atomic mass is 10.1. The van der Waals surface area contributed by atoms with E-state index in [4.69, 9.17) is 11.6 Å². The van der Waals surface area contributed by atoms with Crippen LogP contribution in [0, 0.1) is 0 Å². The molecule has 0 heterocycles. The van der Waals surface area contributed by atoms with Crippen LogP contribution < -0.4 is 5.32 Å². The Bertz CT molecular complexity index is 343. The van der Waals surface area contributed by atoms with E-state index in [1.54, 1.807) is 0 Å². The SMILES string of the molecule is CC(NC(=O)CCS)c1cccc(Cl)c1. The van der Waals surface area contributed by atoms with E-state index in [9.17, 15) is 4.79 Å². The minimum Gasteiger partial charge on any atom is -0.350 e. The summed E-state index contributed by atoms with van der Waals surface area (Å²) >= 11 is 9.87. The number of carbonyl (C=O) groups is 1. The maximum absolute atomic E-state index is 11.3. The van der Waals surface area contributed by atoms with Gasteiger partial charge in [0.1, 0.15) is 0 Å². The van der Waals surface area contributed by atoms with Crippen molar-refractivity contribution >= 4 is 30.1 Å². The molecule has 15 heavy (non-hydrogen) atoms. The fourth-order valence-electron chi connectivity index (χ4n) is 1.27. The monoisotopic (exact) mass is 243 g/mol. The van der Waals surface area contributed by atoms with Gasteiger partial charge in [0.2, 0.25) is 5.91 Å². The van der Waals surface area contributed by atoms with Crippen molar-refractivity contribution in [3.05, 3.63) is 34.9 Å². The highest BCUT2D eigenvalue weighted by Gasteiger charge is 2.08. The van der Waals surface area contributed by atoms with Gasteiger partial charge >= 0.3 is 0 Å². The molecule has 1 aromatic carbocycles. The van der Waals surface area contributed by atoms with Gasteiger partial charge in [0, 0.05) is 11.4 Å². The Morgan fingerprint density at radius 2 is 2.33 bits per heavy atom. The van der Waals surface area contributed by atoms with Gasteiger partial charge in [0.15, 0.2) is 0 Å². The van der Waals surface area contributed by atoms with Crippen molar-refractivity contribution in [3.63, 3.8) is 0 Å². The molecule has 1 atom stereocenters. The Kier molecular flexibility index (Phi) is 4.99. The molecule has 1 rings (SSSR count). The summed E-state index contributed by atoms with van der Waals surface area (Å²) in [5, 5.41) is 3.56. The lowest BCUT2D eigenvalue weighted by Gasteiger charge is -2.14. The number of amides is 1. The Morgan fingerprint density at radius 3 is 2.93 bits per heavy atom. The average molecular weight is 244 g/mol. The molecule has 0 spiro atoms. The first kappa shape index (κ1) is 12.4. The molecule has 0 radical (unpaired) electrons. The van der Waals surface area contributed by atoms with Crippen LogP contribution in [0.3, 0.4) is 0 Å². The molecule has 1 amide bonds. The van der Waals surface area contributed by atoms with Crippen LogP contribution in [0.4, 0.5) is 0 Å². The highest BCUT2D eigenvalue weighted by atomic mass is 35.5. The van der Waals surface area contributed by atoms with E-state index in [1.165, 1.54) is 0 Å². The second kappa shape index (κ2) is 6.03. The van der Waals surface area contributed by atoms with Crippen molar-refractivity contribution in [2.45, 2.75) is 19.4 Å². The molecule has 0 saturated carbocycles. The zero-order chi connectivity index (χ0) is 11.3. The molecule has 4 heteroatoms. The zero-order valence-corrected chi connectivity index (χ0v) is 10.2. The van der Waals surface area contributed by atoms with Crippen LogP contribution in [0.1, 0.15) is 24.9 Å². The van der Waals surface area contributed by atoms with Crippen LogP contribution in [0.15, 0.2) is 24.3 Å². The topological polar surface area (TPSA) is 29.1 Å². The highest BCUT2D eigenvalue weighted by Crippen LogP contribution is 2.17. The van der Waals surface area contributed by atoms with Crippen LogP contribution >= 0.6 is 24.2 Å². The van der Waals surface area contributed by atoms with E-state index in [2.05, 4.69) is 17.9 Å². The van der Waals surface area contributed by atoms with Crippen LogP contribution in [-0.4, -0.2) is 11.7 Å². The van der Waals surface area contributed by atoms with E-state index >= 15 is 0 Å². The van der Waals surface area contributed by atoms with E-state index < -0.39 is 0 Å². The lowest BCUT2D eigenvalue weighted by Crippen LogP contribution is -2.26. The van der Waals surface area contributed by atoms with Crippen LogP contribution in [0.2, 0.25) is 5.02 Å². The van der Waals surface area contributed by atoms with Crippen molar-refractivity contribution in [2.75, 3.05) is 5.75 Å². The Morgan fingerprint density at radius 1 is 1.60 bits per heavy atom. The standard InChI is InChI=1S/C11H14ClNOS/c1-8(13-11(14)5-6-15)9-3-2-4-10(12)7-9/h2-4,7-8,15H,5-6H2,1H3,(H,13,14). The van der Waals surface area contributed by atoms with E-state index in [1.807, 2.05) is 31.2 Å². The van der Waals surface area contributed by atoms with Crippen LogP contribution in [0.25, 0.3) is 0 Å². The van der Waals surface area contributed by atoms with Crippen molar-refractivity contribution in [2.24, 2.45) is 0 Å². The summed E-state index contributed by atoms with van der Waals surface area (Å²) < 4.78 is 0. The third kappa shape index (κ3) is 4.14. The first-order valence-electron chi connectivity index (χ1n) is 4.79. The second-order valence-corrected chi connectivity index (χ2v) is 4.20. The number of carbonyl (C=O) groups excluding carboxylic acids is 1. The summed E-state index contributed by atoms with van der Waals surface area (Å²) in [6.07, 6.45) is 0.439. The summed E-state index contributed by atoms with van der Waals surface area (Å²) in [5.41, 5.74) is 1.01. The number of halogens is 1. The van der Waals surface area contributed by atoms with Gasteiger partial charge in [-0.2, -0.15) is 12.6 Å². The van der Waals surface area contributed by atoms with Gasteiger partial charge in [-0.15, -0.1) is 0 Å². The zero-order valence-electron chi connectivity index (χ0n) is 8.53. The molecule has 0 saturated heterocycles. The molecule has 1 aromatic rings. The van der Waals surface area contributed by atoms with Crippen molar-refractivity contribution in [1.82, 2.24) is 5.32 Å². The van der Waals surface area contributed by atoms with E-state index in [-0.39, 0.29) is 11.9 Å². The van der Waals surface area contributed by atoms with Gasteiger partial charge in [-0.05, 0) is 30.4 Å². The fourth-order valence-corrected chi connectivity index (χ4v) is 1.68. The first-order chi connectivity index (χ1) is 7.13. The smallest absolute Gasteiger partial charge is 0.221 e. The van der Waals surface area contributed by atoms with Gasteiger partial charge in [0.25, 0.3) is 0 Å². The van der Waals surface area contributed by atoms with Crippen molar-refractivity contribution < 1.29 is 4.79 Å². The summed E-state index contributed by atoms with van der Waals surface area (Å²) in [5.74, 6) is 0.575. The molecule has 0 aliphatic rings. The lowest BCUT2D eigenvalue weighted by molar-refractivity contribution is -0.121. The predicted molar refractivity (Wildman–Crippen MR) is 66.5 cm³/mol. The third-order valence-corrected chi connectivity index (χ3v) is 2.52. The Balaban J connectivity index is 2.60. The van der Waals surface area contributed by atoms with Gasteiger partial charge in [-0.3, -0.25) is 4.79 Å². The molecule has 82 valence electrons. The number of rotatable bonds is 4. The highest BCUT2D eigenvalue weighted by molar-refractivity contribution is 7.80. The minimum absolute atomic E-state index is 0.0116. The third-order valence-electron chi connectivity index (χ3n) is 2.07. The summed E-state index contributed by atoms with van der Waals surface area (Å²) in [7, 11) is 0. The van der Waals surface area contributed by atoms with Crippen LogP contribution in [-0.2, 0) is 4.79 Å². The largest absolute Gasteiger partial charge is 0.350 e. The Labute approximate surface area is 100 Å². The quantitative estimate of drug-likeness (QED) is 0.783. The molecule has 1 N–H and O–H groups in total. The number of benzene rings is 1. The van der Waals surface area contributed by atoms with E-state index in [0.717, 1.165) is 5.56 Å². The molecule has 0 bridgehead atoms. The fraction of sp³-hybridized carbons (Fsp3) is 0.364. The summed E-state index contributed by atoms with van der Waals surface area (Å²) in [4.78, 5) is 11.3. The number of thiol groups is 1. The second-order valence-electron chi connectivity index (χ2n) is 3.32. The molecular formula is C11H14ClNOS. The molecule has 0 fully saturated rings. The summed E-state index contributed by atoms with van der Waals surface area (Å²) in [6.45, 7) is 1.93. The normalized spacial score (nSPS) is 12.2. The molecule has 2 nitrogen and oxygen atoms in total. The molecule has 0 aliphatic carbocycles. The molecule has 1 unspecified atom stereocenters. The number of nitrogens with one attached hydrogen (secondary N) is 1. The van der Waals surface area contributed by atoms with Gasteiger partial charge in [-0.25, -0.2) is 0 Å². The summed E-state index contributed by atoms with van der Waals surface area (Å²) in [6, 6.07) is 7.47. The Hall–Kier alpha value is -0.670. The number of hydrogen-bond acceptors (Lipinski definition) is 2. The van der Waals surface area contributed by atoms with Gasteiger partial charge in [-0.1, -0.05) is 23.7 Å². The maximum atomic E-state index is 11.3. The average Bonchev–Trinajstić information content (AvgIpc) is 2.18. The van der Waals surface area contributed by atoms with Crippen LogP contribution in [0.5, 0.6) is 0 Å². The molecular weight excluding hydrogens is 230 g/mol. The maximum Gasteiger partial charge on any atom is 0.221 e. The van der Waals surface area contributed by atoms with Gasteiger partial charge in [0.05, 0.1) is 6.04 Å². The predicted octanol–water partition coefficient (Wildman–Crippen LogP) is 2.84. The number of hydrogen-bond donors (Lipinski definition) is 2. The first-order valence-corrected chi connectivity index (χ1v) is 5.80.